The van der Waals surface area contributed by atoms with Crippen LogP contribution < -0.4 is 10.2 Å². The van der Waals surface area contributed by atoms with Crippen molar-refractivity contribution in [3.8, 4) is 0 Å². The van der Waals surface area contributed by atoms with E-state index in [0.29, 0.717) is 5.69 Å². The van der Waals surface area contributed by atoms with Gasteiger partial charge in [0.2, 0.25) is 11.8 Å². The fourth-order valence-corrected chi connectivity index (χ4v) is 3.50. The summed E-state index contributed by atoms with van der Waals surface area (Å²) in [7, 11) is 0. The number of halogens is 1. The second-order valence-electron chi connectivity index (χ2n) is 6.69. The van der Waals surface area contributed by atoms with E-state index in [1.165, 1.54) is 23.1 Å². The van der Waals surface area contributed by atoms with Crippen molar-refractivity contribution in [2.24, 2.45) is 0 Å². The van der Waals surface area contributed by atoms with E-state index >= 15 is 0 Å². The van der Waals surface area contributed by atoms with E-state index in [9.17, 15) is 23.6 Å². The second-order valence-corrected chi connectivity index (χ2v) is 6.69. The van der Waals surface area contributed by atoms with Gasteiger partial charge in [-0.1, -0.05) is 18.2 Å². The number of rotatable bonds is 4. The Labute approximate surface area is 159 Å². The van der Waals surface area contributed by atoms with Crippen LogP contribution in [0.1, 0.15) is 27.1 Å². The lowest BCUT2D eigenvalue weighted by Gasteiger charge is -2.18. The van der Waals surface area contributed by atoms with Crippen LogP contribution in [0.3, 0.4) is 0 Å². The molecular formula is C20H16FN3O4. The van der Waals surface area contributed by atoms with Gasteiger partial charge in [0.1, 0.15) is 12.4 Å². The summed E-state index contributed by atoms with van der Waals surface area (Å²) in [4.78, 5) is 51.5. The molecule has 1 N–H and O–H groups in total. The predicted molar refractivity (Wildman–Crippen MR) is 97.1 cm³/mol. The smallest absolute Gasteiger partial charge is 0.262 e. The van der Waals surface area contributed by atoms with Crippen molar-refractivity contribution in [1.29, 1.82) is 0 Å². The van der Waals surface area contributed by atoms with E-state index < -0.39 is 36.1 Å². The molecule has 0 radical (unpaired) electrons. The Kier molecular flexibility index (Phi) is 4.38. The standard InChI is InChI=1S/C20H16FN3O4/c21-12-4-3-5-14(8-12)23-10-13(9-18(23)26)22-17(25)11-24-19(27)15-6-1-2-7-16(15)20(24)28/h1-8,13H,9-11H2,(H,22,25)/t13-/m0/s1. The Bertz CT molecular complexity index is 971. The maximum absolute atomic E-state index is 13.4. The molecule has 2 aliphatic rings. The van der Waals surface area contributed by atoms with Crippen molar-refractivity contribution < 1.29 is 23.6 Å². The largest absolute Gasteiger partial charge is 0.349 e. The van der Waals surface area contributed by atoms with Gasteiger partial charge in [-0.3, -0.25) is 24.1 Å². The average Bonchev–Trinajstić information content (AvgIpc) is 3.15. The summed E-state index contributed by atoms with van der Waals surface area (Å²) in [5.74, 6) is -2.26. The number of imide groups is 1. The van der Waals surface area contributed by atoms with Crippen LogP contribution in [0.5, 0.6) is 0 Å². The van der Waals surface area contributed by atoms with Crippen molar-refractivity contribution in [3.05, 3.63) is 65.5 Å². The van der Waals surface area contributed by atoms with Gasteiger partial charge >= 0.3 is 0 Å². The summed E-state index contributed by atoms with van der Waals surface area (Å²) in [6.07, 6.45) is 0.0599. The van der Waals surface area contributed by atoms with E-state index in [-0.39, 0.29) is 30.0 Å². The molecular weight excluding hydrogens is 365 g/mol. The first-order valence-electron chi connectivity index (χ1n) is 8.74. The first-order chi connectivity index (χ1) is 13.4. The minimum absolute atomic E-state index is 0.0599. The van der Waals surface area contributed by atoms with Crippen LogP contribution in [0.25, 0.3) is 0 Å². The zero-order chi connectivity index (χ0) is 19.8. The molecule has 142 valence electrons. The van der Waals surface area contributed by atoms with Crippen LogP contribution in [0, 0.1) is 5.82 Å². The molecule has 4 amide bonds. The molecule has 0 bridgehead atoms. The molecule has 2 aromatic rings. The Morgan fingerprint density at radius 3 is 2.36 bits per heavy atom. The van der Waals surface area contributed by atoms with Gasteiger partial charge in [0, 0.05) is 18.7 Å². The van der Waals surface area contributed by atoms with Gasteiger partial charge in [-0.25, -0.2) is 4.39 Å². The third-order valence-electron chi connectivity index (χ3n) is 4.79. The normalized spacial score (nSPS) is 18.6. The fraction of sp³-hybridized carbons (Fsp3) is 0.200. The van der Waals surface area contributed by atoms with Crippen LogP contribution in [-0.2, 0) is 9.59 Å². The molecule has 0 unspecified atom stereocenters. The van der Waals surface area contributed by atoms with Crippen LogP contribution in [0.4, 0.5) is 10.1 Å². The van der Waals surface area contributed by atoms with E-state index in [1.54, 1.807) is 30.3 Å². The minimum atomic E-state index is -0.534. The number of nitrogens with zero attached hydrogens (tertiary/aromatic N) is 2. The SMILES string of the molecule is O=C(CN1C(=O)c2ccccc2C1=O)N[C@H]1CC(=O)N(c2cccc(F)c2)C1. The second kappa shape index (κ2) is 6.88. The number of benzene rings is 2. The van der Waals surface area contributed by atoms with Crippen LogP contribution >= 0.6 is 0 Å². The van der Waals surface area contributed by atoms with Crippen molar-refractivity contribution in [3.63, 3.8) is 0 Å². The van der Waals surface area contributed by atoms with Gasteiger partial charge in [-0.15, -0.1) is 0 Å². The molecule has 4 rings (SSSR count). The molecule has 2 heterocycles. The Morgan fingerprint density at radius 1 is 1.04 bits per heavy atom. The monoisotopic (exact) mass is 381 g/mol. The zero-order valence-corrected chi connectivity index (χ0v) is 14.7. The maximum Gasteiger partial charge on any atom is 0.262 e. The van der Waals surface area contributed by atoms with Crippen LogP contribution in [0.15, 0.2) is 48.5 Å². The lowest BCUT2D eigenvalue weighted by molar-refractivity contribution is -0.122. The van der Waals surface area contributed by atoms with Crippen LogP contribution in [-0.4, -0.2) is 47.7 Å². The fourth-order valence-electron chi connectivity index (χ4n) is 3.50. The van der Waals surface area contributed by atoms with Gasteiger partial charge in [0.05, 0.1) is 17.2 Å². The van der Waals surface area contributed by atoms with Gasteiger partial charge in [-0.05, 0) is 30.3 Å². The highest BCUT2D eigenvalue weighted by Gasteiger charge is 2.37. The highest BCUT2D eigenvalue weighted by Crippen LogP contribution is 2.23. The molecule has 0 saturated carbocycles. The van der Waals surface area contributed by atoms with Gasteiger partial charge in [0.15, 0.2) is 0 Å². The number of carbonyl (C=O) groups is 4. The van der Waals surface area contributed by atoms with E-state index in [4.69, 9.17) is 0 Å². The van der Waals surface area contributed by atoms with Gasteiger partial charge in [-0.2, -0.15) is 0 Å². The molecule has 28 heavy (non-hydrogen) atoms. The highest BCUT2D eigenvalue weighted by molar-refractivity contribution is 6.22. The molecule has 2 aliphatic heterocycles. The van der Waals surface area contributed by atoms with Crippen molar-refractivity contribution in [2.75, 3.05) is 18.0 Å². The molecule has 0 aliphatic carbocycles. The number of nitrogens with one attached hydrogen (secondary N) is 1. The quantitative estimate of drug-likeness (QED) is 0.810. The maximum atomic E-state index is 13.4. The number of fused-ring (bicyclic) bond motifs is 1. The molecule has 1 atom stereocenters. The molecule has 2 aromatic carbocycles. The molecule has 1 saturated heterocycles. The summed E-state index contributed by atoms with van der Waals surface area (Å²) >= 11 is 0. The average molecular weight is 381 g/mol. The summed E-state index contributed by atoms with van der Waals surface area (Å²) in [5.41, 5.74) is 0.962. The number of anilines is 1. The number of carbonyl (C=O) groups excluding carboxylic acids is 4. The Balaban J connectivity index is 1.39. The van der Waals surface area contributed by atoms with Crippen molar-refractivity contribution in [1.82, 2.24) is 10.2 Å². The molecule has 0 spiro atoms. The molecule has 1 fully saturated rings. The van der Waals surface area contributed by atoms with E-state index in [0.717, 1.165) is 4.90 Å². The highest BCUT2D eigenvalue weighted by atomic mass is 19.1. The molecule has 8 heteroatoms. The number of hydrogen-bond acceptors (Lipinski definition) is 4. The van der Waals surface area contributed by atoms with Crippen LogP contribution in [0.2, 0.25) is 0 Å². The first kappa shape index (κ1) is 17.8. The summed E-state index contributed by atoms with van der Waals surface area (Å²) < 4.78 is 13.4. The summed E-state index contributed by atoms with van der Waals surface area (Å²) in [6, 6.07) is 11.6. The lowest BCUT2D eigenvalue weighted by Crippen LogP contribution is -2.44. The topological polar surface area (TPSA) is 86.8 Å². The third-order valence-corrected chi connectivity index (χ3v) is 4.79. The summed E-state index contributed by atoms with van der Waals surface area (Å²) in [5, 5.41) is 2.68. The Hall–Kier alpha value is -3.55. The summed E-state index contributed by atoms with van der Waals surface area (Å²) in [6.45, 7) is -0.229. The molecule has 0 aromatic heterocycles. The van der Waals surface area contributed by atoms with E-state index in [2.05, 4.69) is 5.32 Å². The first-order valence-corrected chi connectivity index (χ1v) is 8.74. The Morgan fingerprint density at radius 2 is 1.71 bits per heavy atom. The van der Waals surface area contributed by atoms with Crippen molar-refractivity contribution >= 4 is 29.3 Å². The van der Waals surface area contributed by atoms with Gasteiger partial charge < -0.3 is 10.2 Å². The van der Waals surface area contributed by atoms with Gasteiger partial charge in [0.25, 0.3) is 11.8 Å². The minimum Gasteiger partial charge on any atom is -0.349 e. The number of amides is 4. The van der Waals surface area contributed by atoms with E-state index in [1.807, 2.05) is 0 Å². The van der Waals surface area contributed by atoms with Crippen molar-refractivity contribution in [2.45, 2.75) is 12.5 Å². The third kappa shape index (κ3) is 3.13. The molecule has 7 nitrogen and oxygen atoms in total. The lowest BCUT2D eigenvalue weighted by atomic mass is 10.1. The zero-order valence-electron chi connectivity index (χ0n) is 14.7. The number of hydrogen-bond donors (Lipinski definition) is 1. The predicted octanol–water partition coefficient (Wildman–Crippen LogP) is 1.34.